The molecule has 1 N–H and O–H groups in total. The van der Waals surface area contributed by atoms with E-state index in [1.54, 1.807) is 6.07 Å². The second-order valence-corrected chi connectivity index (χ2v) is 5.10. The second-order valence-electron chi connectivity index (χ2n) is 4.25. The Labute approximate surface area is 103 Å². The zero-order valence-corrected chi connectivity index (χ0v) is 10.5. The zero-order valence-electron chi connectivity index (χ0n) is 8.88. The summed E-state index contributed by atoms with van der Waals surface area (Å²) in [7, 11) is 0. The molecule has 1 aromatic rings. The van der Waals surface area contributed by atoms with E-state index in [0.717, 1.165) is 10.0 Å². The summed E-state index contributed by atoms with van der Waals surface area (Å²) in [5.41, 5.74) is 0.0542. The summed E-state index contributed by atoms with van der Waals surface area (Å²) in [4.78, 5) is 0. The minimum absolute atomic E-state index is 0.270. The van der Waals surface area contributed by atoms with Gasteiger partial charge in [-0.3, -0.25) is 0 Å². The van der Waals surface area contributed by atoms with Crippen LogP contribution in [0.3, 0.4) is 0 Å². The van der Waals surface area contributed by atoms with Crippen molar-refractivity contribution in [3.05, 3.63) is 34.1 Å². The van der Waals surface area contributed by atoms with Crippen molar-refractivity contribution < 1.29 is 14.2 Å². The Hall–Kier alpha value is -0.450. The topological polar surface area (TPSA) is 29.5 Å². The largest absolute Gasteiger partial charge is 0.389 e. The number of hydrogen-bond acceptors (Lipinski definition) is 2. The van der Waals surface area contributed by atoms with E-state index in [-0.39, 0.29) is 5.82 Å². The number of ether oxygens (including phenoxy) is 1. The van der Waals surface area contributed by atoms with Crippen LogP contribution in [-0.2, 0) is 11.2 Å². The summed E-state index contributed by atoms with van der Waals surface area (Å²) in [5, 5.41) is 10.3. The van der Waals surface area contributed by atoms with Crippen molar-refractivity contribution in [2.75, 3.05) is 13.2 Å². The summed E-state index contributed by atoms with van der Waals surface area (Å²) in [5.74, 6) is -0.270. The Morgan fingerprint density at radius 2 is 2.06 bits per heavy atom. The van der Waals surface area contributed by atoms with Crippen LogP contribution in [0.4, 0.5) is 4.39 Å². The third-order valence-electron chi connectivity index (χ3n) is 2.95. The average molecular weight is 289 g/mol. The van der Waals surface area contributed by atoms with Crippen LogP contribution in [0.1, 0.15) is 18.4 Å². The Morgan fingerprint density at radius 3 is 2.75 bits per heavy atom. The molecule has 88 valence electrons. The molecule has 0 atom stereocenters. The molecule has 0 saturated carbocycles. The van der Waals surface area contributed by atoms with Gasteiger partial charge < -0.3 is 9.84 Å². The van der Waals surface area contributed by atoms with Crippen molar-refractivity contribution in [2.24, 2.45) is 0 Å². The zero-order chi connectivity index (χ0) is 11.6. The second kappa shape index (κ2) is 4.82. The molecule has 1 aliphatic heterocycles. The van der Waals surface area contributed by atoms with E-state index >= 15 is 0 Å². The molecule has 0 bridgehead atoms. The van der Waals surface area contributed by atoms with E-state index < -0.39 is 5.60 Å². The maximum atomic E-state index is 13.1. The van der Waals surface area contributed by atoms with Crippen molar-refractivity contribution >= 4 is 15.9 Å². The van der Waals surface area contributed by atoms with Crippen molar-refractivity contribution in [3.8, 4) is 0 Å². The molecule has 1 heterocycles. The summed E-state index contributed by atoms with van der Waals surface area (Å²) in [6, 6.07) is 4.55. The van der Waals surface area contributed by atoms with Gasteiger partial charge in [0.2, 0.25) is 0 Å². The molecular weight excluding hydrogens is 275 g/mol. The summed E-state index contributed by atoms with van der Waals surface area (Å²) >= 11 is 3.37. The van der Waals surface area contributed by atoms with E-state index in [1.807, 2.05) is 0 Å². The smallest absolute Gasteiger partial charge is 0.123 e. The van der Waals surface area contributed by atoms with Crippen LogP contribution in [0.2, 0.25) is 0 Å². The number of aliphatic hydroxyl groups is 1. The lowest BCUT2D eigenvalue weighted by molar-refractivity contribution is -0.0626. The van der Waals surface area contributed by atoms with Crippen LogP contribution >= 0.6 is 15.9 Å². The summed E-state index contributed by atoms with van der Waals surface area (Å²) in [6.07, 6.45) is 1.68. The van der Waals surface area contributed by atoms with Crippen molar-refractivity contribution in [1.82, 2.24) is 0 Å². The highest BCUT2D eigenvalue weighted by Gasteiger charge is 2.30. The molecule has 0 radical (unpaired) electrons. The molecule has 16 heavy (non-hydrogen) atoms. The first-order chi connectivity index (χ1) is 7.59. The average Bonchev–Trinajstić information content (AvgIpc) is 2.24. The first-order valence-corrected chi connectivity index (χ1v) is 6.12. The minimum atomic E-state index is -0.755. The Kier molecular flexibility index (Phi) is 3.62. The SMILES string of the molecule is OC1(Cc2cc(F)ccc2Br)CCOCC1. The number of rotatable bonds is 2. The van der Waals surface area contributed by atoms with Gasteiger partial charge in [-0.1, -0.05) is 15.9 Å². The van der Waals surface area contributed by atoms with E-state index in [2.05, 4.69) is 15.9 Å². The molecule has 1 saturated heterocycles. The fourth-order valence-corrected chi connectivity index (χ4v) is 2.35. The van der Waals surface area contributed by atoms with Gasteiger partial charge in [-0.25, -0.2) is 4.39 Å². The maximum absolute atomic E-state index is 13.1. The number of hydrogen-bond donors (Lipinski definition) is 1. The molecule has 1 aromatic carbocycles. The molecule has 0 aliphatic carbocycles. The van der Waals surface area contributed by atoms with Gasteiger partial charge in [0, 0.05) is 24.1 Å². The third-order valence-corrected chi connectivity index (χ3v) is 3.72. The van der Waals surface area contributed by atoms with Crippen molar-refractivity contribution in [3.63, 3.8) is 0 Å². The van der Waals surface area contributed by atoms with Gasteiger partial charge in [0.05, 0.1) is 5.60 Å². The van der Waals surface area contributed by atoms with Crippen LogP contribution in [0.15, 0.2) is 22.7 Å². The lowest BCUT2D eigenvalue weighted by atomic mass is 9.87. The molecule has 0 unspecified atom stereocenters. The normalized spacial score (nSPS) is 19.7. The standard InChI is InChI=1S/C12H14BrFO2/c13-11-2-1-10(14)7-9(11)8-12(15)3-5-16-6-4-12/h1-2,7,15H,3-6,8H2. The quantitative estimate of drug-likeness (QED) is 0.907. The molecule has 1 aliphatic rings. The maximum Gasteiger partial charge on any atom is 0.123 e. The molecule has 0 amide bonds. The molecule has 4 heteroatoms. The first-order valence-electron chi connectivity index (χ1n) is 5.33. The lowest BCUT2D eigenvalue weighted by Crippen LogP contribution is -2.38. The third kappa shape index (κ3) is 2.81. The van der Waals surface area contributed by atoms with Crippen LogP contribution in [0.25, 0.3) is 0 Å². The molecule has 2 nitrogen and oxygen atoms in total. The highest BCUT2D eigenvalue weighted by Crippen LogP contribution is 2.28. The predicted octanol–water partition coefficient (Wildman–Crippen LogP) is 2.67. The van der Waals surface area contributed by atoms with Gasteiger partial charge >= 0.3 is 0 Å². The van der Waals surface area contributed by atoms with Crippen LogP contribution in [0, 0.1) is 5.82 Å². The molecular formula is C12H14BrFO2. The van der Waals surface area contributed by atoms with Gasteiger partial charge in [0.25, 0.3) is 0 Å². The summed E-state index contributed by atoms with van der Waals surface area (Å²) in [6.45, 7) is 1.15. The number of halogens is 2. The van der Waals surface area contributed by atoms with Gasteiger partial charge in [-0.15, -0.1) is 0 Å². The van der Waals surface area contributed by atoms with Gasteiger partial charge in [-0.05, 0) is 36.6 Å². The Bertz CT molecular complexity index is 375. The minimum Gasteiger partial charge on any atom is -0.389 e. The van der Waals surface area contributed by atoms with Crippen LogP contribution in [-0.4, -0.2) is 23.9 Å². The number of benzene rings is 1. The highest BCUT2D eigenvalue weighted by atomic mass is 79.9. The molecule has 0 aromatic heterocycles. The molecule has 2 rings (SSSR count). The van der Waals surface area contributed by atoms with Crippen molar-refractivity contribution in [1.29, 1.82) is 0 Å². The van der Waals surface area contributed by atoms with Crippen molar-refractivity contribution in [2.45, 2.75) is 24.9 Å². The van der Waals surface area contributed by atoms with E-state index in [9.17, 15) is 9.50 Å². The van der Waals surface area contributed by atoms with E-state index in [0.29, 0.717) is 32.5 Å². The van der Waals surface area contributed by atoms with E-state index in [4.69, 9.17) is 4.74 Å². The lowest BCUT2D eigenvalue weighted by Gasteiger charge is -2.32. The Morgan fingerprint density at radius 1 is 1.38 bits per heavy atom. The van der Waals surface area contributed by atoms with Gasteiger partial charge in [0.15, 0.2) is 0 Å². The molecule has 1 fully saturated rings. The van der Waals surface area contributed by atoms with Crippen LogP contribution < -0.4 is 0 Å². The van der Waals surface area contributed by atoms with Crippen LogP contribution in [0.5, 0.6) is 0 Å². The summed E-state index contributed by atoms with van der Waals surface area (Å²) < 4.78 is 19.2. The van der Waals surface area contributed by atoms with E-state index in [1.165, 1.54) is 12.1 Å². The van der Waals surface area contributed by atoms with Gasteiger partial charge in [0.1, 0.15) is 5.82 Å². The Balaban J connectivity index is 2.15. The fraction of sp³-hybridized carbons (Fsp3) is 0.500. The van der Waals surface area contributed by atoms with Gasteiger partial charge in [-0.2, -0.15) is 0 Å². The monoisotopic (exact) mass is 288 g/mol. The molecule has 0 spiro atoms. The highest BCUT2D eigenvalue weighted by molar-refractivity contribution is 9.10. The predicted molar refractivity (Wildman–Crippen MR) is 62.8 cm³/mol. The fourth-order valence-electron chi connectivity index (χ4n) is 1.96. The first kappa shape index (κ1) is 12.0.